The van der Waals surface area contributed by atoms with Gasteiger partial charge in [-0.1, -0.05) is 29.8 Å². The van der Waals surface area contributed by atoms with Gasteiger partial charge in [0.1, 0.15) is 16.7 Å². The number of sulfone groups is 1. The first kappa shape index (κ1) is 17.6. The highest BCUT2D eigenvalue weighted by atomic mass is 35.5. The molecular formula is C18H19ClN2O4S. The Kier molecular flexibility index (Phi) is 4.77. The van der Waals surface area contributed by atoms with Crippen LogP contribution in [0.25, 0.3) is 0 Å². The van der Waals surface area contributed by atoms with Crippen molar-refractivity contribution in [3.63, 3.8) is 0 Å². The van der Waals surface area contributed by atoms with Crippen LogP contribution in [0, 0.1) is 0 Å². The Labute approximate surface area is 157 Å². The molecule has 2 aliphatic heterocycles. The molecule has 4 rings (SSSR count). The van der Waals surface area contributed by atoms with E-state index in [-0.39, 0.29) is 10.0 Å². The molecule has 0 N–H and O–H groups in total. The number of hydrogen-bond acceptors (Lipinski definition) is 6. The summed E-state index contributed by atoms with van der Waals surface area (Å²) in [5, 5.41) is -0.476. The first-order valence-corrected chi connectivity index (χ1v) is 10.4. The first-order valence-electron chi connectivity index (χ1n) is 8.51. The Balaban J connectivity index is 1.74. The number of nitrogens with zero attached hydrogens (tertiary/aromatic N) is 2. The van der Waals surface area contributed by atoms with Crippen molar-refractivity contribution >= 4 is 27.3 Å². The summed E-state index contributed by atoms with van der Waals surface area (Å²) in [6, 6.07) is 10.3. The summed E-state index contributed by atoms with van der Waals surface area (Å²) in [5.41, 5.74) is 0.694. The van der Waals surface area contributed by atoms with Crippen LogP contribution >= 0.6 is 11.6 Å². The summed E-state index contributed by atoms with van der Waals surface area (Å²) in [7, 11) is -3.62. The highest BCUT2D eigenvalue weighted by Crippen LogP contribution is 2.40. The number of rotatable bonds is 3. The maximum absolute atomic E-state index is 13.4. The van der Waals surface area contributed by atoms with E-state index in [1.54, 1.807) is 12.1 Å². The molecule has 1 fully saturated rings. The maximum Gasteiger partial charge on any atom is 0.185 e. The van der Waals surface area contributed by atoms with Gasteiger partial charge in [0.15, 0.2) is 9.84 Å². The fourth-order valence-electron chi connectivity index (χ4n) is 3.37. The number of ether oxygens (including phenoxy) is 2. The molecule has 1 unspecified atom stereocenters. The lowest BCUT2D eigenvalue weighted by Gasteiger charge is -2.29. The molecule has 0 bridgehead atoms. The van der Waals surface area contributed by atoms with Crippen LogP contribution < -0.4 is 9.64 Å². The number of benzene rings is 1. The van der Waals surface area contributed by atoms with Crippen molar-refractivity contribution in [1.29, 1.82) is 0 Å². The molecule has 8 heteroatoms. The molecule has 6 nitrogen and oxygen atoms in total. The van der Waals surface area contributed by atoms with E-state index in [1.807, 2.05) is 23.1 Å². The standard InChI is InChI=1S/C18H19ClN2O4S/c19-17-11-13(12-18(20-17)21-6-9-24-10-7-21)26(22,23)16-5-8-25-15-4-2-1-3-14(15)16/h1-4,11-12,16H,5-10H2. The van der Waals surface area contributed by atoms with E-state index in [4.69, 9.17) is 21.1 Å². The number of morpholine rings is 1. The van der Waals surface area contributed by atoms with Gasteiger partial charge in [-0.3, -0.25) is 0 Å². The van der Waals surface area contributed by atoms with Gasteiger partial charge in [0.25, 0.3) is 0 Å². The van der Waals surface area contributed by atoms with E-state index in [9.17, 15) is 8.42 Å². The van der Waals surface area contributed by atoms with Crippen molar-refractivity contribution in [1.82, 2.24) is 4.98 Å². The Morgan fingerprint density at radius 2 is 1.88 bits per heavy atom. The second-order valence-electron chi connectivity index (χ2n) is 6.29. The van der Waals surface area contributed by atoms with Crippen LogP contribution in [0.4, 0.5) is 5.82 Å². The number of para-hydroxylation sites is 1. The number of anilines is 1. The summed E-state index contributed by atoms with van der Waals surface area (Å²) < 4.78 is 37.7. The van der Waals surface area contributed by atoms with Crippen molar-refractivity contribution in [2.45, 2.75) is 16.6 Å². The smallest absolute Gasteiger partial charge is 0.185 e. The predicted molar refractivity (Wildman–Crippen MR) is 98.8 cm³/mol. The highest BCUT2D eigenvalue weighted by molar-refractivity contribution is 7.91. The summed E-state index contributed by atoms with van der Waals surface area (Å²) >= 11 is 6.16. The quantitative estimate of drug-likeness (QED) is 0.745. The second-order valence-corrected chi connectivity index (χ2v) is 8.81. The molecule has 1 aromatic heterocycles. The number of halogens is 1. The Bertz CT molecular complexity index is 913. The van der Waals surface area contributed by atoms with Crippen molar-refractivity contribution < 1.29 is 17.9 Å². The molecule has 1 saturated heterocycles. The third kappa shape index (κ3) is 3.26. The maximum atomic E-state index is 13.4. The third-order valence-corrected chi connectivity index (χ3v) is 7.02. The molecule has 3 heterocycles. The molecule has 0 radical (unpaired) electrons. The summed E-state index contributed by atoms with van der Waals surface area (Å²) in [6.07, 6.45) is 0.409. The van der Waals surface area contributed by atoms with Crippen molar-refractivity contribution in [3.05, 3.63) is 47.1 Å². The summed E-state index contributed by atoms with van der Waals surface area (Å²) in [5.74, 6) is 1.20. The van der Waals surface area contributed by atoms with Crippen molar-refractivity contribution in [2.24, 2.45) is 0 Å². The van der Waals surface area contributed by atoms with Gasteiger partial charge >= 0.3 is 0 Å². The van der Waals surface area contributed by atoms with E-state index < -0.39 is 15.1 Å². The average Bonchev–Trinajstić information content (AvgIpc) is 2.67. The van der Waals surface area contributed by atoms with E-state index in [0.29, 0.717) is 56.5 Å². The molecule has 0 spiro atoms. The van der Waals surface area contributed by atoms with Gasteiger partial charge in [-0.15, -0.1) is 0 Å². The van der Waals surface area contributed by atoms with Crippen LogP contribution in [-0.4, -0.2) is 46.3 Å². The van der Waals surface area contributed by atoms with Gasteiger partial charge in [-0.2, -0.15) is 0 Å². The normalized spacial score (nSPS) is 20.3. The zero-order valence-corrected chi connectivity index (χ0v) is 15.7. The molecular weight excluding hydrogens is 376 g/mol. The first-order chi connectivity index (χ1) is 12.6. The SMILES string of the molecule is O=S(=O)(c1cc(Cl)nc(N2CCOCC2)c1)C1CCOc2ccccc21. The molecule has 0 amide bonds. The van der Waals surface area contributed by atoms with Crippen LogP contribution in [0.15, 0.2) is 41.3 Å². The second kappa shape index (κ2) is 7.06. The molecule has 2 aromatic rings. The molecule has 2 aliphatic rings. The van der Waals surface area contributed by atoms with E-state index in [1.165, 1.54) is 6.07 Å². The largest absolute Gasteiger partial charge is 0.493 e. The van der Waals surface area contributed by atoms with Crippen LogP contribution in [0.5, 0.6) is 5.75 Å². The highest BCUT2D eigenvalue weighted by Gasteiger charge is 2.34. The van der Waals surface area contributed by atoms with Crippen LogP contribution in [0.2, 0.25) is 5.15 Å². The van der Waals surface area contributed by atoms with E-state index in [2.05, 4.69) is 4.98 Å². The molecule has 0 aliphatic carbocycles. The zero-order valence-electron chi connectivity index (χ0n) is 14.1. The summed E-state index contributed by atoms with van der Waals surface area (Å²) in [6.45, 7) is 2.86. The third-order valence-electron chi connectivity index (χ3n) is 4.70. The number of hydrogen-bond donors (Lipinski definition) is 0. The van der Waals surface area contributed by atoms with Gasteiger partial charge in [0.2, 0.25) is 0 Å². The van der Waals surface area contributed by atoms with Crippen LogP contribution in [0.3, 0.4) is 0 Å². The molecule has 1 aromatic carbocycles. The zero-order chi connectivity index (χ0) is 18.1. The number of fused-ring (bicyclic) bond motifs is 1. The summed E-state index contributed by atoms with van der Waals surface area (Å²) in [4.78, 5) is 6.49. The minimum atomic E-state index is -3.62. The van der Waals surface area contributed by atoms with Gasteiger partial charge in [-0.05, 0) is 18.2 Å². The van der Waals surface area contributed by atoms with Crippen LogP contribution in [0.1, 0.15) is 17.2 Å². The number of aromatic nitrogens is 1. The van der Waals surface area contributed by atoms with Crippen molar-refractivity contribution in [3.8, 4) is 5.75 Å². The van der Waals surface area contributed by atoms with Gasteiger partial charge in [0, 0.05) is 25.1 Å². The fourth-order valence-corrected chi connectivity index (χ4v) is 5.45. The molecule has 1 atom stereocenters. The monoisotopic (exact) mass is 394 g/mol. The average molecular weight is 395 g/mol. The number of pyridine rings is 1. The Morgan fingerprint density at radius 1 is 1.12 bits per heavy atom. The topological polar surface area (TPSA) is 68.7 Å². The minimum Gasteiger partial charge on any atom is -0.493 e. The fraction of sp³-hybridized carbons (Fsp3) is 0.389. The lowest BCUT2D eigenvalue weighted by atomic mass is 10.1. The van der Waals surface area contributed by atoms with Gasteiger partial charge in [-0.25, -0.2) is 13.4 Å². The molecule has 26 heavy (non-hydrogen) atoms. The lowest BCUT2D eigenvalue weighted by molar-refractivity contribution is 0.122. The molecule has 138 valence electrons. The van der Waals surface area contributed by atoms with E-state index >= 15 is 0 Å². The lowest BCUT2D eigenvalue weighted by Crippen LogP contribution is -2.36. The van der Waals surface area contributed by atoms with Crippen LogP contribution in [-0.2, 0) is 14.6 Å². The van der Waals surface area contributed by atoms with Crippen molar-refractivity contribution in [2.75, 3.05) is 37.8 Å². The van der Waals surface area contributed by atoms with Gasteiger partial charge < -0.3 is 14.4 Å². The van der Waals surface area contributed by atoms with Gasteiger partial charge in [0.05, 0.1) is 30.0 Å². The molecule has 0 saturated carbocycles. The van der Waals surface area contributed by atoms with E-state index in [0.717, 1.165) is 0 Å². The Hall–Kier alpha value is -1.83. The predicted octanol–water partition coefficient (Wildman–Crippen LogP) is 2.87. The Morgan fingerprint density at radius 3 is 2.69 bits per heavy atom. The minimum absolute atomic E-state index is 0.174.